The van der Waals surface area contributed by atoms with E-state index in [1.54, 1.807) is 18.2 Å². The summed E-state index contributed by atoms with van der Waals surface area (Å²) >= 11 is 11.8. The third-order valence-corrected chi connectivity index (χ3v) is 3.50. The van der Waals surface area contributed by atoms with Gasteiger partial charge < -0.3 is 10.4 Å². The van der Waals surface area contributed by atoms with Crippen LogP contribution >= 0.6 is 23.2 Å². The van der Waals surface area contributed by atoms with E-state index in [-0.39, 0.29) is 11.8 Å². The molecule has 0 saturated carbocycles. The van der Waals surface area contributed by atoms with Crippen LogP contribution in [-0.4, -0.2) is 5.11 Å². The van der Waals surface area contributed by atoms with Crippen molar-refractivity contribution in [1.29, 1.82) is 0 Å². The predicted octanol–water partition coefficient (Wildman–Crippen LogP) is 4.55. The SMILES string of the molecule is C[C@H](NCc1cc(Cl)ccc1O)c1ccc(Cl)cc1. The van der Waals surface area contributed by atoms with Gasteiger partial charge in [0.25, 0.3) is 0 Å². The number of phenols is 1. The fraction of sp³-hybridized carbons (Fsp3) is 0.200. The van der Waals surface area contributed by atoms with Gasteiger partial charge in [0.2, 0.25) is 0 Å². The molecule has 0 aliphatic rings. The molecule has 0 heterocycles. The maximum Gasteiger partial charge on any atom is 0.120 e. The van der Waals surface area contributed by atoms with E-state index < -0.39 is 0 Å². The molecular formula is C15H15Cl2NO. The maximum absolute atomic E-state index is 9.74. The van der Waals surface area contributed by atoms with Crippen molar-refractivity contribution in [3.63, 3.8) is 0 Å². The van der Waals surface area contributed by atoms with Crippen molar-refractivity contribution < 1.29 is 5.11 Å². The highest BCUT2D eigenvalue weighted by molar-refractivity contribution is 6.30. The minimum absolute atomic E-state index is 0.163. The van der Waals surface area contributed by atoms with E-state index in [1.165, 1.54) is 0 Å². The molecule has 1 atom stereocenters. The Kier molecular flexibility index (Phi) is 4.70. The Bertz CT molecular complexity index is 555. The molecule has 0 aliphatic carbocycles. The van der Waals surface area contributed by atoms with E-state index in [1.807, 2.05) is 24.3 Å². The van der Waals surface area contributed by atoms with Crippen LogP contribution in [0.25, 0.3) is 0 Å². The van der Waals surface area contributed by atoms with Crippen molar-refractivity contribution in [2.45, 2.75) is 19.5 Å². The molecule has 0 amide bonds. The fourth-order valence-electron chi connectivity index (χ4n) is 1.83. The fourth-order valence-corrected chi connectivity index (χ4v) is 2.15. The zero-order valence-corrected chi connectivity index (χ0v) is 12.0. The molecule has 2 nitrogen and oxygen atoms in total. The first-order valence-corrected chi connectivity index (χ1v) is 6.78. The molecule has 2 N–H and O–H groups in total. The quantitative estimate of drug-likeness (QED) is 0.867. The highest BCUT2D eigenvalue weighted by atomic mass is 35.5. The van der Waals surface area contributed by atoms with E-state index in [4.69, 9.17) is 23.2 Å². The lowest BCUT2D eigenvalue weighted by Crippen LogP contribution is -2.18. The number of aromatic hydroxyl groups is 1. The standard InChI is InChI=1S/C15H15Cl2NO/c1-10(11-2-4-13(16)5-3-11)18-9-12-8-14(17)6-7-15(12)19/h2-8,10,18-19H,9H2,1H3/t10-/m0/s1. The van der Waals surface area contributed by atoms with Crippen molar-refractivity contribution >= 4 is 23.2 Å². The van der Waals surface area contributed by atoms with E-state index in [9.17, 15) is 5.11 Å². The Morgan fingerprint density at radius 1 is 1.05 bits per heavy atom. The van der Waals surface area contributed by atoms with Gasteiger partial charge in [-0.15, -0.1) is 0 Å². The Morgan fingerprint density at radius 3 is 2.37 bits per heavy atom. The second-order valence-electron chi connectivity index (χ2n) is 4.43. The van der Waals surface area contributed by atoms with Crippen LogP contribution in [0, 0.1) is 0 Å². The van der Waals surface area contributed by atoms with E-state index >= 15 is 0 Å². The van der Waals surface area contributed by atoms with Gasteiger partial charge in [-0.2, -0.15) is 0 Å². The Labute approximate surface area is 123 Å². The lowest BCUT2D eigenvalue weighted by Gasteiger charge is -2.15. The van der Waals surface area contributed by atoms with Crippen molar-refractivity contribution in [3.8, 4) is 5.75 Å². The number of benzene rings is 2. The molecule has 0 radical (unpaired) electrons. The van der Waals surface area contributed by atoms with Crippen LogP contribution in [0.1, 0.15) is 24.1 Å². The molecule has 100 valence electrons. The van der Waals surface area contributed by atoms with Gasteiger partial charge in [0.05, 0.1) is 0 Å². The van der Waals surface area contributed by atoms with E-state index in [0.29, 0.717) is 11.6 Å². The number of phenolic OH excluding ortho intramolecular Hbond substituents is 1. The molecule has 0 aromatic heterocycles. The normalized spacial score (nSPS) is 12.4. The van der Waals surface area contributed by atoms with Gasteiger partial charge in [0, 0.05) is 28.2 Å². The summed E-state index contributed by atoms with van der Waals surface area (Å²) in [6.45, 7) is 2.61. The Balaban J connectivity index is 2.02. The minimum Gasteiger partial charge on any atom is -0.508 e. The molecule has 0 aliphatic heterocycles. The average molecular weight is 296 g/mol. The Morgan fingerprint density at radius 2 is 1.68 bits per heavy atom. The first-order chi connectivity index (χ1) is 9.06. The van der Waals surface area contributed by atoms with Gasteiger partial charge in [-0.1, -0.05) is 35.3 Å². The molecule has 2 aromatic carbocycles. The summed E-state index contributed by atoms with van der Waals surface area (Å²) < 4.78 is 0. The highest BCUT2D eigenvalue weighted by Crippen LogP contribution is 2.22. The summed E-state index contributed by atoms with van der Waals surface area (Å²) in [5.74, 6) is 0.250. The molecule has 0 unspecified atom stereocenters. The zero-order valence-electron chi connectivity index (χ0n) is 10.5. The van der Waals surface area contributed by atoms with Crippen LogP contribution in [0.4, 0.5) is 0 Å². The molecule has 0 bridgehead atoms. The first-order valence-electron chi connectivity index (χ1n) is 6.02. The lowest BCUT2D eigenvalue weighted by atomic mass is 10.1. The average Bonchev–Trinajstić information content (AvgIpc) is 2.40. The molecule has 0 spiro atoms. The molecular weight excluding hydrogens is 281 g/mol. The number of nitrogens with one attached hydrogen (secondary N) is 1. The van der Waals surface area contributed by atoms with Crippen LogP contribution in [-0.2, 0) is 6.54 Å². The number of hydrogen-bond donors (Lipinski definition) is 2. The van der Waals surface area contributed by atoms with Gasteiger partial charge in [-0.05, 0) is 42.8 Å². The van der Waals surface area contributed by atoms with Crippen LogP contribution in [0.2, 0.25) is 10.0 Å². The summed E-state index contributed by atoms with van der Waals surface area (Å²) in [4.78, 5) is 0. The summed E-state index contributed by atoms with van der Waals surface area (Å²) in [5.41, 5.74) is 1.93. The zero-order chi connectivity index (χ0) is 13.8. The highest BCUT2D eigenvalue weighted by Gasteiger charge is 2.07. The third-order valence-electron chi connectivity index (χ3n) is 3.01. The second-order valence-corrected chi connectivity index (χ2v) is 5.30. The maximum atomic E-state index is 9.74. The van der Waals surface area contributed by atoms with Crippen molar-refractivity contribution in [1.82, 2.24) is 5.32 Å². The Hall–Kier alpha value is -1.22. The lowest BCUT2D eigenvalue weighted by molar-refractivity contribution is 0.460. The van der Waals surface area contributed by atoms with Gasteiger partial charge in [0.15, 0.2) is 0 Å². The topological polar surface area (TPSA) is 32.3 Å². The van der Waals surface area contributed by atoms with Crippen LogP contribution < -0.4 is 5.32 Å². The number of hydrogen-bond acceptors (Lipinski definition) is 2. The molecule has 2 aromatic rings. The van der Waals surface area contributed by atoms with E-state index in [0.717, 1.165) is 16.1 Å². The first kappa shape index (κ1) is 14.2. The van der Waals surface area contributed by atoms with Gasteiger partial charge in [0.1, 0.15) is 5.75 Å². The predicted molar refractivity (Wildman–Crippen MR) is 79.8 cm³/mol. The third kappa shape index (κ3) is 3.87. The van der Waals surface area contributed by atoms with Gasteiger partial charge in [-0.25, -0.2) is 0 Å². The number of rotatable bonds is 4. The second kappa shape index (κ2) is 6.29. The molecule has 2 rings (SSSR count). The van der Waals surface area contributed by atoms with Crippen molar-refractivity contribution in [2.24, 2.45) is 0 Å². The summed E-state index contributed by atoms with van der Waals surface area (Å²) in [5, 5.41) is 14.4. The number of halogens is 2. The van der Waals surface area contributed by atoms with Crippen LogP contribution in [0.5, 0.6) is 5.75 Å². The van der Waals surface area contributed by atoms with E-state index in [2.05, 4.69) is 12.2 Å². The minimum atomic E-state index is 0.163. The summed E-state index contributed by atoms with van der Waals surface area (Å²) in [6, 6.07) is 12.9. The van der Waals surface area contributed by atoms with Gasteiger partial charge >= 0.3 is 0 Å². The van der Waals surface area contributed by atoms with Crippen molar-refractivity contribution in [3.05, 3.63) is 63.6 Å². The summed E-state index contributed by atoms with van der Waals surface area (Å²) in [7, 11) is 0. The molecule has 0 fully saturated rings. The largest absolute Gasteiger partial charge is 0.508 e. The van der Waals surface area contributed by atoms with Crippen molar-refractivity contribution in [2.75, 3.05) is 0 Å². The summed E-state index contributed by atoms with van der Waals surface area (Å²) in [6.07, 6.45) is 0. The monoisotopic (exact) mass is 295 g/mol. The molecule has 19 heavy (non-hydrogen) atoms. The molecule has 4 heteroatoms. The van der Waals surface area contributed by atoms with Crippen LogP contribution in [0.15, 0.2) is 42.5 Å². The van der Waals surface area contributed by atoms with Gasteiger partial charge in [-0.3, -0.25) is 0 Å². The smallest absolute Gasteiger partial charge is 0.120 e. The molecule has 0 saturated heterocycles. The van der Waals surface area contributed by atoms with Crippen LogP contribution in [0.3, 0.4) is 0 Å².